The van der Waals surface area contributed by atoms with E-state index < -0.39 is 10.0 Å². The number of ether oxygens (including phenoxy) is 1. The normalized spacial score (nSPS) is 26.0. The van der Waals surface area contributed by atoms with Gasteiger partial charge in [-0.05, 0) is 25.0 Å². The highest BCUT2D eigenvalue weighted by Gasteiger charge is 2.31. The number of benzene rings is 1. The van der Waals surface area contributed by atoms with E-state index in [0.29, 0.717) is 10.6 Å². The molecule has 2 aliphatic rings. The van der Waals surface area contributed by atoms with Crippen LogP contribution < -0.4 is 15.4 Å². The molecule has 1 aromatic rings. The fraction of sp³-hybridized carbons (Fsp3) is 0.571. The second-order valence-corrected chi connectivity index (χ2v) is 7.26. The zero-order chi connectivity index (χ0) is 14.9. The maximum absolute atomic E-state index is 12.4. The van der Waals surface area contributed by atoms with Crippen molar-refractivity contribution >= 4 is 15.7 Å². The van der Waals surface area contributed by atoms with Gasteiger partial charge in [-0.1, -0.05) is 12.1 Å². The van der Waals surface area contributed by atoms with Gasteiger partial charge in [0.2, 0.25) is 10.0 Å². The van der Waals surface area contributed by atoms with Crippen LogP contribution in [0.5, 0.6) is 0 Å². The van der Waals surface area contributed by atoms with E-state index in [2.05, 4.69) is 15.4 Å². The van der Waals surface area contributed by atoms with Crippen molar-refractivity contribution in [2.24, 2.45) is 0 Å². The van der Waals surface area contributed by atoms with E-state index in [-0.39, 0.29) is 18.2 Å². The number of methoxy groups -OCH3 is 1. The number of hydrogen-bond acceptors (Lipinski definition) is 5. The van der Waals surface area contributed by atoms with Crippen molar-refractivity contribution in [3.63, 3.8) is 0 Å². The first-order chi connectivity index (χ1) is 10.1. The Kier molecular flexibility index (Phi) is 4.17. The fourth-order valence-corrected chi connectivity index (χ4v) is 4.03. The molecule has 1 saturated heterocycles. The third-order valence-electron chi connectivity index (χ3n) is 3.88. The van der Waals surface area contributed by atoms with Crippen molar-refractivity contribution in [2.75, 3.05) is 25.5 Å². The molecule has 0 bridgehead atoms. The van der Waals surface area contributed by atoms with E-state index in [1.54, 1.807) is 25.3 Å². The lowest BCUT2D eigenvalue weighted by molar-refractivity contribution is 0.111. The van der Waals surface area contributed by atoms with Gasteiger partial charge < -0.3 is 15.4 Å². The molecule has 0 radical (unpaired) electrons. The van der Waals surface area contributed by atoms with E-state index in [1.807, 2.05) is 6.07 Å². The summed E-state index contributed by atoms with van der Waals surface area (Å²) >= 11 is 0. The van der Waals surface area contributed by atoms with Crippen molar-refractivity contribution < 1.29 is 13.2 Å². The molecule has 7 heteroatoms. The van der Waals surface area contributed by atoms with Crippen LogP contribution in [-0.2, 0) is 14.8 Å². The second kappa shape index (κ2) is 5.92. The van der Waals surface area contributed by atoms with Gasteiger partial charge in [0.05, 0.1) is 17.8 Å². The lowest BCUT2D eigenvalue weighted by atomic mass is 10.2. The first-order valence-electron chi connectivity index (χ1n) is 7.21. The Bertz CT molecular complexity index is 601. The van der Waals surface area contributed by atoms with Crippen molar-refractivity contribution in [3.8, 4) is 0 Å². The van der Waals surface area contributed by atoms with E-state index in [1.165, 1.54) is 0 Å². The Hall–Kier alpha value is -1.15. The Labute approximate surface area is 125 Å². The Morgan fingerprint density at radius 2 is 2.00 bits per heavy atom. The molecule has 2 atom stereocenters. The molecule has 3 N–H and O–H groups in total. The van der Waals surface area contributed by atoms with Gasteiger partial charge in [-0.25, -0.2) is 13.1 Å². The van der Waals surface area contributed by atoms with Gasteiger partial charge in [-0.3, -0.25) is 0 Å². The molecule has 1 aromatic carbocycles. The highest BCUT2D eigenvalue weighted by molar-refractivity contribution is 7.89. The van der Waals surface area contributed by atoms with Crippen LogP contribution in [0.2, 0.25) is 0 Å². The van der Waals surface area contributed by atoms with Crippen LogP contribution in [0.15, 0.2) is 29.2 Å². The Balaban J connectivity index is 1.82. The molecule has 0 amide bonds. The molecule has 0 spiro atoms. The van der Waals surface area contributed by atoms with Gasteiger partial charge in [0.25, 0.3) is 0 Å². The molecule has 1 saturated carbocycles. The topological polar surface area (TPSA) is 79.5 Å². The van der Waals surface area contributed by atoms with Crippen molar-refractivity contribution in [1.29, 1.82) is 0 Å². The summed E-state index contributed by atoms with van der Waals surface area (Å²) in [6, 6.07) is 7.18. The number of sulfonamides is 1. The second-order valence-electron chi connectivity index (χ2n) is 5.57. The van der Waals surface area contributed by atoms with Crippen molar-refractivity contribution in [2.45, 2.75) is 35.9 Å². The van der Waals surface area contributed by atoms with Crippen LogP contribution >= 0.6 is 0 Å². The number of rotatable bonds is 6. The van der Waals surface area contributed by atoms with Crippen LogP contribution in [0.4, 0.5) is 5.69 Å². The largest absolute Gasteiger partial charge is 0.378 e. The monoisotopic (exact) mass is 311 g/mol. The summed E-state index contributed by atoms with van der Waals surface area (Å²) in [5.74, 6) is 0. The smallest absolute Gasteiger partial charge is 0.242 e. The summed E-state index contributed by atoms with van der Waals surface area (Å²) in [5, 5.41) is 6.55. The van der Waals surface area contributed by atoms with E-state index in [4.69, 9.17) is 4.74 Å². The quantitative estimate of drug-likeness (QED) is 0.714. The lowest BCUT2D eigenvalue weighted by Gasteiger charge is -2.21. The minimum Gasteiger partial charge on any atom is -0.378 e. The lowest BCUT2D eigenvalue weighted by Crippen LogP contribution is -2.34. The van der Waals surface area contributed by atoms with Crippen LogP contribution in [0.25, 0.3) is 0 Å². The summed E-state index contributed by atoms with van der Waals surface area (Å²) < 4.78 is 33.0. The highest BCUT2D eigenvalue weighted by Crippen LogP contribution is 2.27. The molecule has 3 rings (SSSR count). The predicted molar refractivity (Wildman–Crippen MR) is 80.9 cm³/mol. The van der Waals surface area contributed by atoms with Gasteiger partial charge in [0.1, 0.15) is 4.90 Å². The number of anilines is 1. The van der Waals surface area contributed by atoms with Gasteiger partial charge in [-0.2, -0.15) is 0 Å². The number of hydrogen-bond donors (Lipinski definition) is 3. The molecular weight excluding hydrogens is 290 g/mol. The fourth-order valence-electron chi connectivity index (χ4n) is 2.55. The Morgan fingerprint density at radius 3 is 2.71 bits per heavy atom. The molecule has 1 unspecified atom stereocenters. The molecule has 1 aliphatic heterocycles. The van der Waals surface area contributed by atoms with Crippen LogP contribution in [-0.4, -0.2) is 46.8 Å². The zero-order valence-electron chi connectivity index (χ0n) is 12.0. The first-order valence-corrected chi connectivity index (χ1v) is 8.70. The molecule has 1 heterocycles. The van der Waals surface area contributed by atoms with E-state index in [9.17, 15) is 8.42 Å². The molecule has 1 aliphatic carbocycles. The predicted octanol–water partition coefficient (Wildman–Crippen LogP) is 0.526. The van der Waals surface area contributed by atoms with Gasteiger partial charge in [0.15, 0.2) is 0 Å². The summed E-state index contributed by atoms with van der Waals surface area (Å²) in [6.07, 6.45) is 1.89. The first kappa shape index (κ1) is 14.8. The molecule has 0 aromatic heterocycles. The van der Waals surface area contributed by atoms with E-state index in [0.717, 1.165) is 25.9 Å². The average molecular weight is 311 g/mol. The third-order valence-corrected chi connectivity index (χ3v) is 5.46. The maximum atomic E-state index is 12.4. The summed E-state index contributed by atoms with van der Waals surface area (Å²) in [7, 11) is -1.80. The van der Waals surface area contributed by atoms with Gasteiger partial charge >= 0.3 is 0 Å². The molecule has 6 nitrogen and oxygen atoms in total. The van der Waals surface area contributed by atoms with Crippen LogP contribution in [0, 0.1) is 0 Å². The molecule has 21 heavy (non-hydrogen) atoms. The van der Waals surface area contributed by atoms with Crippen molar-refractivity contribution in [3.05, 3.63) is 24.3 Å². The third kappa shape index (κ3) is 3.37. The maximum Gasteiger partial charge on any atom is 0.242 e. The van der Waals surface area contributed by atoms with Gasteiger partial charge in [-0.15, -0.1) is 0 Å². The summed E-state index contributed by atoms with van der Waals surface area (Å²) in [6.45, 7) is 1.52. The molecular formula is C14H21N3O3S. The SMILES string of the molecule is CO[C@H]1CNCC1Nc1ccccc1S(=O)(=O)NC1CC1. The standard InChI is InChI=1S/C14H21N3O3S/c1-20-13-9-15-8-12(13)16-11-4-2-3-5-14(11)21(18,19)17-10-6-7-10/h2-5,10,12-13,15-17H,6-9H2,1H3/t12?,13-/m0/s1. The van der Waals surface area contributed by atoms with E-state index >= 15 is 0 Å². The minimum atomic E-state index is -3.47. The Morgan fingerprint density at radius 1 is 1.24 bits per heavy atom. The average Bonchev–Trinajstić information content (AvgIpc) is 3.15. The number of para-hydroxylation sites is 1. The molecule has 2 fully saturated rings. The number of nitrogens with one attached hydrogen (secondary N) is 3. The molecule has 116 valence electrons. The van der Waals surface area contributed by atoms with Crippen LogP contribution in [0.3, 0.4) is 0 Å². The van der Waals surface area contributed by atoms with Crippen molar-refractivity contribution in [1.82, 2.24) is 10.0 Å². The zero-order valence-corrected chi connectivity index (χ0v) is 12.8. The van der Waals surface area contributed by atoms with Gasteiger partial charge in [0, 0.05) is 26.2 Å². The highest BCUT2D eigenvalue weighted by atomic mass is 32.2. The summed E-state index contributed by atoms with van der Waals surface area (Å²) in [4.78, 5) is 0.304. The summed E-state index contributed by atoms with van der Waals surface area (Å²) in [5.41, 5.74) is 0.626. The van der Waals surface area contributed by atoms with Crippen LogP contribution in [0.1, 0.15) is 12.8 Å². The minimum absolute atomic E-state index is 0.0390.